The van der Waals surface area contributed by atoms with Crippen LogP contribution in [-0.4, -0.2) is 25.5 Å². The summed E-state index contributed by atoms with van der Waals surface area (Å²) in [5, 5.41) is 5.80. The Bertz CT molecular complexity index is 686. The van der Waals surface area contributed by atoms with Gasteiger partial charge in [0.15, 0.2) is 11.6 Å². The fourth-order valence-electron chi connectivity index (χ4n) is 2.04. The van der Waals surface area contributed by atoms with Crippen molar-refractivity contribution in [2.24, 2.45) is 0 Å². The molecule has 2 atom stereocenters. The Labute approximate surface area is 152 Å². The summed E-state index contributed by atoms with van der Waals surface area (Å²) < 4.78 is 32.0. The molecule has 136 valence electrons. The molecular weight excluding hydrogens is 350 g/mol. The monoisotopic (exact) mass is 370 g/mol. The Balaban J connectivity index is 0.00000312. The van der Waals surface area contributed by atoms with Crippen LogP contribution < -0.4 is 15.4 Å². The number of amides is 1. The van der Waals surface area contributed by atoms with Crippen LogP contribution in [0.4, 0.5) is 8.78 Å². The fourth-order valence-corrected chi connectivity index (χ4v) is 2.04. The second kappa shape index (κ2) is 9.96. The van der Waals surface area contributed by atoms with E-state index >= 15 is 0 Å². The number of likely N-dealkylation sites (N-methyl/N-ethyl adjacent to an activating group) is 1. The van der Waals surface area contributed by atoms with Crippen molar-refractivity contribution in [1.82, 2.24) is 10.6 Å². The first-order chi connectivity index (χ1) is 11.5. The summed E-state index contributed by atoms with van der Waals surface area (Å²) in [6, 6.07) is 12.1. The lowest BCUT2D eigenvalue weighted by atomic mass is 10.1. The van der Waals surface area contributed by atoms with Gasteiger partial charge in [-0.25, -0.2) is 8.78 Å². The molecule has 0 spiro atoms. The first-order valence-corrected chi connectivity index (χ1v) is 7.63. The van der Waals surface area contributed by atoms with Gasteiger partial charge in [-0.2, -0.15) is 0 Å². The Morgan fingerprint density at radius 2 is 1.80 bits per heavy atom. The van der Waals surface area contributed by atoms with Gasteiger partial charge >= 0.3 is 0 Å². The minimum Gasteiger partial charge on any atom is -0.476 e. The number of halogens is 3. The number of hydrogen-bond acceptors (Lipinski definition) is 3. The van der Waals surface area contributed by atoms with E-state index in [0.29, 0.717) is 12.1 Å². The van der Waals surface area contributed by atoms with E-state index < -0.39 is 17.7 Å². The van der Waals surface area contributed by atoms with E-state index in [1.165, 1.54) is 6.07 Å². The second-order valence-corrected chi connectivity index (χ2v) is 5.42. The highest BCUT2D eigenvalue weighted by atomic mass is 35.5. The molecule has 0 aromatic heterocycles. The second-order valence-electron chi connectivity index (χ2n) is 5.42. The zero-order chi connectivity index (χ0) is 17.5. The lowest BCUT2D eigenvalue weighted by Crippen LogP contribution is -2.40. The normalized spacial score (nSPS) is 12.6. The van der Waals surface area contributed by atoms with Crippen molar-refractivity contribution in [2.45, 2.75) is 19.1 Å². The third-order valence-corrected chi connectivity index (χ3v) is 3.56. The van der Waals surface area contributed by atoms with Gasteiger partial charge in [0.1, 0.15) is 5.75 Å². The third-order valence-electron chi connectivity index (χ3n) is 3.56. The predicted octanol–water partition coefficient (Wildman–Crippen LogP) is 3.23. The van der Waals surface area contributed by atoms with Crippen LogP contribution in [0, 0.1) is 11.6 Å². The standard InChI is InChI=1S/C18H20F2N2O2.ClH/c1-12(21-2)11-22-18(23)17(13-6-4-3-5-7-13)24-14-8-9-15(19)16(20)10-14;/h3-10,12,17,21H,11H2,1-2H3,(H,22,23);1H. The van der Waals surface area contributed by atoms with Crippen LogP contribution in [0.5, 0.6) is 5.75 Å². The largest absolute Gasteiger partial charge is 0.476 e. The molecule has 0 aliphatic heterocycles. The SMILES string of the molecule is CNC(C)CNC(=O)C(Oc1ccc(F)c(F)c1)c1ccccc1.Cl. The fraction of sp³-hybridized carbons (Fsp3) is 0.278. The summed E-state index contributed by atoms with van der Waals surface area (Å²) in [4.78, 5) is 12.5. The topological polar surface area (TPSA) is 50.4 Å². The number of rotatable bonds is 7. The number of ether oxygens (including phenoxy) is 1. The van der Waals surface area contributed by atoms with Crippen LogP contribution in [0.15, 0.2) is 48.5 Å². The van der Waals surface area contributed by atoms with Gasteiger partial charge in [0.2, 0.25) is 6.10 Å². The van der Waals surface area contributed by atoms with E-state index in [-0.39, 0.29) is 30.1 Å². The Morgan fingerprint density at radius 1 is 1.12 bits per heavy atom. The Hall–Kier alpha value is -2.18. The van der Waals surface area contributed by atoms with Gasteiger partial charge in [0, 0.05) is 24.2 Å². The minimum absolute atomic E-state index is 0. The smallest absolute Gasteiger partial charge is 0.265 e. The maximum Gasteiger partial charge on any atom is 0.265 e. The van der Waals surface area contributed by atoms with Gasteiger partial charge < -0.3 is 15.4 Å². The summed E-state index contributed by atoms with van der Waals surface area (Å²) in [6.45, 7) is 2.34. The van der Waals surface area contributed by atoms with Crippen molar-refractivity contribution in [1.29, 1.82) is 0 Å². The highest BCUT2D eigenvalue weighted by molar-refractivity contribution is 5.85. The lowest BCUT2D eigenvalue weighted by molar-refractivity contribution is -0.128. The third kappa shape index (κ3) is 5.99. The molecule has 2 rings (SSSR count). The lowest BCUT2D eigenvalue weighted by Gasteiger charge is -2.20. The molecular formula is C18H21ClF2N2O2. The molecule has 2 unspecified atom stereocenters. The van der Waals surface area contributed by atoms with Crippen molar-refractivity contribution in [3.63, 3.8) is 0 Å². The number of carbonyl (C=O) groups is 1. The summed E-state index contributed by atoms with van der Waals surface area (Å²) in [7, 11) is 1.79. The van der Waals surface area contributed by atoms with Crippen LogP contribution in [-0.2, 0) is 4.79 Å². The highest BCUT2D eigenvalue weighted by Gasteiger charge is 2.23. The molecule has 4 nitrogen and oxygen atoms in total. The number of hydrogen-bond donors (Lipinski definition) is 2. The van der Waals surface area contributed by atoms with Crippen molar-refractivity contribution < 1.29 is 18.3 Å². The predicted molar refractivity (Wildman–Crippen MR) is 94.9 cm³/mol. The highest BCUT2D eigenvalue weighted by Crippen LogP contribution is 2.24. The zero-order valence-corrected chi connectivity index (χ0v) is 14.8. The molecule has 7 heteroatoms. The minimum atomic E-state index is -1.02. The van der Waals surface area contributed by atoms with Gasteiger partial charge in [-0.15, -0.1) is 12.4 Å². The van der Waals surface area contributed by atoms with Crippen molar-refractivity contribution in [2.75, 3.05) is 13.6 Å². The molecule has 0 aliphatic rings. The number of carbonyl (C=O) groups excluding carboxylic acids is 1. The zero-order valence-electron chi connectivity index (χ0n) is 14.0. The van der Waals surface area contributed by atoms with Crippen LogP contribution >= 0.6 is 12.4 Å². The molecule has 0 radical (unpaired) electrons. The molecule has 0 bridgehead atoms. The molecule has 0 fully saturated rings. The first kappa shape index (κ1) is 20.9. The summed E-state index contributed by atoms with van der Waals surface area (Å²) >= 11 is 0. The molecule has 2 aromatic rings. The summed E-state index contributed by atoms with van der Waals surface area (Å²) in [6.07, 6.45) is -0.958. The molecule has 0 saturated heterocycles. The van der Waals surface area contributed by atoms with E-state index in [1.54, 1.807) is 31.3 Å². The van der Waals surface area contributed by atoms with Gasteiger partial charge in [0.25, 0.3) is 5.91 Å². The van der Waals surface area contributed by atoms with Gasteiger partial charge in [-0.3, -0.25) is 4.79 Å². The van der Waals surface area contributed by atoms with Crippen molar-refractivity contribution in [3.8, 4) is 5.75 Å². The van der Waals surface area contributed by atoms with E-state index in [4.69, 9.17) is 4.74 Å². The van der Waals surface area contributed by atoms with E-state index in [0.717, 1.165) is 12.1 Å². The maximum atomic E-state index is 13.4. The van der Waals surface area contributed by atoms with Gasteiger partial charge in [-0.05, 0) is 26.1 Å². The quantitative estimate of drug-likeness (QED) is 0.786. The molecule has 2 N–H and O–H groups in total. The Kier molecular flexibility index (Phi) is 8.31. The molecule has 0 saturated carbocycles. The molecule has 1 amide bonds. The van der Waals surface area contributed by atoms with Crippen LogP contribution in [0.1, 0.15) is 18.6 Å². The average Bonchev–Trinajstić information content (AvgIpc) is 2.61. The molecule has 25 heavy (non-hydrogen) atoms. The van der Waals surface area contributed by atoms with Crippen molar-refractivity contribution >= 4 is 18.3 Å². The summed E-state index contributed by atoms with van der Waals surface area (Å²) in [5.74, 6) is -2.26. The van der Waals surface area contributed by atoms with E-state index in [2.05, 4.69) is 10.6 Å². The average molecular weight is 371 g/mol. The van der Waals surface area contributed by atoms with Crippen LogP contribution in [0.3, 0.4) is 0 Å². The first-order valence-electron chi connectivity index (χ1n) is 7.63. The molecule has 0 heterocycles. The molecule has 0 aliphatic carbocycles. The number of nitrogens with one attached hydrogen (secondary N) is 2. The van der Waals surface area contributed by atoms with Crippen molar-refractivity contribution in [3.05, 3.63) is 65.7 Å². The van der Waals surface area contributed by atoms with Crippen LogP contribution in [0.2, 0.25) is 0 Å². The van der Waals surface area contributed by atoms with Crippen LogP contribution in [0.25, 0.3) is 0 Å². The van der Waals surface area contributed by atoms with E-state index in [9.17, 15) is 13.6 Å². The number of benzene rings is 2. The van der Waals surface area contributed by atoms with Gasteiger partial charge in [-0.1, -0.05) is 30.3 Å². The molecule has 2 aromatic carbocycles. The maximum absolute atomic E-state index is 13.4. The Morgan fingerprint density at radius 3 is 2.40 bits per heavy atom. The van der Waals surface area contributed by atoms with Gasteiger partial charge in [0.05, 0.1) is 0 Å². The van der Waals surface area contributed by atoms with E-state index in [1.807, 2.05) is 13.0 Å². The summed E-state index contributed by atoms with van der Waals surface area (Å²) in [5.41, 5.74) is 0.622.